The lowest BCUT2D eigenvalue weighted by Gasteiger charge is -1.96. The number of hydrogen-bond acceptors (Lipinski definition) is 0. The second-order valence-corrected chi connectivity index (χ2v) is 4.25. The van der Waals surface area contributed by atoms with E-state index < -0.39 is 29.1 Å². The average molecular weight is 304 g/mol. The Morgan fingerprint density at radius 1 is 0.810 bits per heavy atom. The van der Waals surface area contributed by atoms with E-state index in [2.05, 4.69) is 36.0 Å². The fraction of sp³-hybridized carbons (Fsp3) is 0.267. The Kier molecular flexibility index (Phi) is 6.78. The second kappa shape index (κ2) is 8.34. The smallest absolute Gasteiger partial charge is 0.200 e. The number of benzene rings is 1. The third-order valence-electron chi connectivity index (χ3n) is 2.61. The van der Waals surface area contributed by atoms with Crippen molar-refractivity contribution in [1.29, 1.82) is 0 Å². The Bertz CT molecular complexity index is 546. The lowest BCUT2D eigenvalue weighted by Crippen LogP contribution is -2.31. The number of nitrogens with zero attached hydrogens (tertiary/aromatic N) is 1. The molecule has 1 nitrogen and oxygen atoms in total. The van der Waals surface area contributed by atoms with Crippen LogP contribution >= 0.6 is 0 Å². The van der Waals surface area contributed by atoms with Crippen LogP contribution in [0.5, 0.6) is 0 Å². The molecule has 2 rings (SSSR count). The van der Waals surface area contributed by atoms with Crippen LogP contribution in [0.1, 0.15) is 19.8 Å². The molecule has 0 aliphatic rings. The first-order chi connectivity index (χ1) is 9.97. The minimum atomic E-state index is -2.14. The molecule has 0 spiro atoms. The predicted molar refractivity (Wildman–Crippen MR) is 67.8 cm³/mol. The summed E-state index contributed by atoms with van der Waals surface area (Å²) in [7, 11) is 0. The highest BCUT2D eigenvalue weighted by atomic mass is 19.2. The number of unbranched alkanes of at least 4 members (excludes halogenated alkanes) is 1. The highest BCUT2D eigenvalue weighted by molar-refractivity contribution is 5.12. The van der Waals surface area contributed by atoms with Crippen molar-refractivity contribution in [3.63, 3.8) is 0 Å². The van der Waals surface area contributed by atoms with E-state index >= 15 is 0 Å². The van der Waals surface area contributed by atoms with Crippen molar-refractivity contribution in [3.8, 4) is 0 Å². The van der Waals surface area contributed by atoms with E-state index in [-0.39, 0.29) is 6.07 Å². The maximum Gasteiger partial charge on any atom is 0.200 e. The summed E-state index contributed by atoms with van der Waals surface area (Å²) in [5.41, 5.74) is 0. The molecule has 0 aliphatic carbocycles. The summed E-state index contributed by atoms with van der Waals surface area (Å²) >= 11 is 0. The fourth-order valence-electron chi connectivity index (χ4n) is 1.47. The summed E-state index contributed by atoms with van der Waals surface area (Å²) < 4.78 is 62.3. The molecule has 0 fully saturated rings. The van der Waals surface area contributed by atoms with Crippen molar-refractivity contribution in [2.24, 2.45) is 0 Å². The van der Waals surface area contributed by atoms with Crippen LogP contribution in [0.3, 0.4) is 0 Å². The molecular weight excluding hydrogens is 289 g/mol. The quantitative estimate of drug-likeness (QED) is 0.347. The molecule has 0 bridgehead atoms. The molecule has 0 saturated heterocycles. The number of rotatable bonds is 3. The van der Waals surface area contributed by atoms with E-state index in [0.717, 1.165) is 6.54 Å². The molecule has 21 heavy (non-hydrogen) atoms. The van der Waals surface area contributed by atoms with Gasteiger partial charge in [-0.3, -0.25) is 0 Å². The molecular formula is C15H15F5N+. The molecule has 0 radical (unpaired) electrons. The van der Waals surface area contributed by atoms with Gasteiger partial charge in [0.05, 0.1) is 0 Å². The first-order valence-corrected chi connectivity index (χ1v) is 6.40. The van der Waals surface area contributed by atoms with Crippen molar-refractivity contribution in [1.82, 2.24) is 0 Å². The van der Waals surface area contributed by atoms with Gasteiger partial charge in [-0.2, -0.15) is 0 Å². The standard InChI is InChI=1S/C9H14N.C6HF5/c1-2-3-7-10-8-5-4-6-9-10;7-2-1-3(8)5(10)6(11)4(2)9/h4-6,8-9H,2-3,7H2,1H3;1H/q+1;. The molecule has 0 saturated carbocycles. The number of halogens is 5. The molecule has 0 aliphatic heterocycles. The zero-order valence-electron chi connectivity index (χ0n) is 11.4. The summed E-state index contributed by atoms with van der Waals surface area (Å²) in [4.78, 5) is 0. The maximum atomic E-state index is 12.0. The van der Waals surface area contributed by atoms with Crippen molar-refractivity contribution < 1.29 is 26.5 Å². The Balaban J connectivity index is 0.000000211. The van der Waals surface area contributed by atoms with Crippen LogP contribution in [0.25, 0.3) is 0 Å². The summed E-state index contributed by atoms with van der Waals surface area (Å²) in [5, 5.41) is 0. The van der Waals surface area contributed by atoms with Gasteiger partial charge in [0.1, 0.15) is 6.54 Å². The Labute approximate surface area is 119 Å². The van der Waals surface area contributed by atoms with E-state index in [4.69, 9.17) is 0 Å². The van der Waals surface area contributed by atoms with Gasteiger partial charge in [-0.05, 0) is 0 Å². The Morgan fingerprint density at radius 2 is 1.33 bits per heavy atom. The third-order valence-corrected chi connectivity index (χ3v) is 2.61. The van der Waals surface area contributed by atoms with Crippen LogP contribution in [0.15, 0.2) is 36.7 Å². The lowest BCUT2D eigenvalue weighted by atomic mass is 10.3. The third kappa shape index (κ3) is 5.13. The van der Waals surface area contributed by atoms with Gasteiger partial charge in [0.15, 0.2) is 35.7 Å². The first kappa shape index (κ1) is 17.1. The van der Waals surface area contributed by atoms with Gasteiger partial charge < -0.3 is 0 Å². The van der Waals surface area contributed by atoms with Crippen LogP contribution in [-0.4, -0.2) is 0 Å². The minimum Gasteiger partial charge on any atom is -0.205 e. The van der Waals surface area contributed by atoms with Crippen LogP contribution in [0.4, 0.5) is 22.0 Å². The van der Waals surface area contributed by atoms with Crippen molar-refractivity contribution in [3.05, 3.63) is 65.7 Å². The van der Waals surface area contributed by atoms with Gasteiger partial charge in [-0.15, -0.1) is 0 Å². The fourth-order valence-corrected chi connectivity index (χ4v) is 1.47. The van der Waals surface area contributed by atoms with E-state index in [1.54, 1.807) is 0 Å². The van der Waals surface area contributed by atoms with Gasteiger partial charge in [-0.1, -0.05) is 19.4 Å². The van der Waals surface area contributed by atoms with Gasteiger partial charge >= 0.3 is 0 Å². The number of pyridine rings is 1. The molecule has 0 unspecified atom stereocenters. The van der Waals surface area contributed by atoms with Crippen LogP contribution in [0.2, 0.25) is 0 Å². The Hall–Kier alpha value is -1.98. The zero-order valence-corrected chi connectivity index (χ0v) is 11.4. The molecule has 0 amide bonds. The summed E-state index contributed by atoms with van der Waals surface area (Å²) in [6.07, 6.45) is 6.75. The van der Waals surface area contributed by atoms with Gasteiger partial charge in [0, 0.05) is 24.6 Å². The molecule has 1 aromatic heterocycles. The molecule has 0 N–H and O–H groups in total. The minimum absolute atomic E-state index is 0.0618. The molecule has 6 heteroatoms. The van der Waals surface area contributed by atoms with E-state index in [1.807, 2.05) is 6.07 Å². The second-order valence-electron chi connectivity index (χ2n) is 4.25. The number of aromatic nitrogens is 1. The number of hydrogen-bond donors (Lipinski definition) is 0. The monoisotopic (exact) mass is 304 g/mol. The van der Waals surface area contributed by atoms with Crippen molar-refractivity contribution in [2.45, 2.75) is 26.3 Å². The van der Waals surface area contributed by atoms with Crippen LogP contribution in [-0.2, 0) is 6.54 Å². The van der Waals surface area contributed by atoms with E-state index in [0.29, 0.717) is 0 Å². The SMILES string of the molecule is CCCC[n+]1ccccc1.Fc1cc(F)c(F)c(F)c1F. The number of aryl methyl sites for hydroxylation is 1. The summed E-state index contributed by atoms with van der Waals surface area (Å²) in [6, 6.07) is 6.11. The average Bonchev–Trinajstić information content (AvgIpc) is 2.50. The molecule has 114 valence electrons. The maximum absolute atomic E-state index is 12.0. The van der Waals surface area contributed by atoms with Crippen LogP contribution in [0, 0.1) is 29.1 Å². The molecule has 0 atom stereocenters. The van der Waals surface area contributed by atoms with Gasteiger partial charge in [-0.25, -0.2) is 26.5 Å². The van der Waals surface area contributed by atoms with Gasteiger partial charge in [0.25, 0.3) is 0 Å². The normalized spacial score (nSPS) is 10.0. The van der Waals surface area contributed by atoms with Gasteiger partial charge in [0.2, 0.25) is 5.82 Å². The van der Waals surface area contributed by atoms with Crippen LogP contribution < -0.4 is 4.57 Å². The highest BCUT2D eigenvalue weighted by Crippen LogP contribution is 2.16. The Morgan fingerprint density at radius 3 is 1.81 bits per heavy atom. The predicted octanol–water partition coefficient (Wildman–Crippen LogP) is 4.16. The topological polar surface area (TPSA) is 3.88 Å². The zero-order chi connectivity index (χ0) is 15.8. The lowest BCUT2D eigenvalue weighted by molar-refractivity contribution is -0.697. The first-order valence-electron chi connectivity index (χ1n) is 6.40. The van der Waals surface area contributed by atoms with E-state index in [1.165, 1.54) is 12.8 Å². The summed E-state index contributed by atoms with van der Waals surface area (Å²) in [6.45, 7) is 3.36. The van der Waals surface area contributed by atoms with E-state index in [9.17, 15) is 22.0 Å². The summed E-state index contributed by atoms with van der Waals surface area (Å²) in [5.74, 6) is -9.65. The highest BCUT2D eigenvalue weighted by Gasteiger charge is 2.18. The molecule has 2 aromatic rings. The largest absolute Gasteiger partial charge is 0.205 e. The van der Waals surface area contributed by atoms with Crippen molar-refractivity contribution in [2.75, 3.05) is 0 Å². The molecule has 1 aromatic carbocycles. The molecule has 1 heterocycles. The van der Waals surface area contributed by atoms with Crippen molar-refractivity contribution >= 4 is 0 Å².